The monoisotopic (exact) mass is 315 g/mol. The molecule has 0 heterocycles. The summed E-state index contributed by atoms with van der Waals surface area (Å²) < 4.78 is 16.1. The largest absolute Gasteiger partial charge is 0.497 e. The van der Waals surface area contributed by atoms with Crippen molar-refractivity contribution in [3.05, 3.63) is 54.1 Å². The van der Waals surface area contributed by atoms with Gasteiger partial charge >= 0.3 is 0 Å². The van der Waals surface area contributed by atoms with Crippen LogP contribution in [0.4, 0.5) is 0 Å². The Hall–Kier alpha value is -2.69. The molecule has 2 aromatic rings. The maximum absolute atomic E-state index is 12.2. The summed E-state index contributed by atoms with van der Waals surface area (Å²) in [6, 6.07) is 14.5. The first-order valence-electron chi connectivity index (χ1n) is 7.51. The highest BCUT2D eigenvalue weighted by Crippen LogP contribution is 2.18. The Labute approximate surface area is 136 Å². The molecule has 5 heteroatoms. The van der Waals surface area contributed by atoms with Crippen molar-refractivity contribution in [1.29, 1.82) is 0 Å². The third-order valence-corrected chi connectivity index (χ3v) is 3.15. The van der Waals surface area contributed by atoms with Crippen molar-refractivity contribution in [2.24, 2.45) is 0 Å². The Bertz CT molecular complexity index is 625. The number of benzene rings is 2. The fourth-order valence-corrected chi connectivity index (χ4v) is 2.04. The number of methoxy groups -OCH3 is 1. The topological polar surface area (TPSA) is 56.8 Å². The van der Waals surface area contributed by atoms with Crippen LogP contribution in [-0.4, -0.2) is 32.8 Å². The highest BCUT2D eigenvalue weighted by atomic mass is 16.5. The minimum absolute atomic E-state index is 0.174. The van der Waals surface area contributed by atoms with Gasteiger partial charge in [-0.1, -0.05) is 12.1 Å². The lowest BCUT2D eigenvalue weighted by Gasteiger charge is -2.11. The SMILES string of the molecule is CCOc1ccccc1C(=O)NCCOc1ccc(OC)cc1. The van der Waals surface area contributed by atoms with Gasteiger partial charge in [-0.05, 0) is 43.3 Å². The maximum atomic E-state index is 12.2. The highest BCUT2D eigenvalue weighted by Gasteiger charge is 2.10. The molecular weight excluding hydrogens is 294 g/mol. The standard InChI is InChI=1S/C18H21NO4/c1-3-22-17-7-5-4-6-16(17)18(20)19-12-13-23-15-10-8-14(21-2)9-11-15/h4-11H,3,12-13H2,1-2H3,(H,19,20). The van der Waals surface area contributed by atoms with E-state index in [4.69, 9.17) is 14.2 Å². The second-order valence-electron chi connectivity index (χ2n) is 4.71. The van der Waals surface area contributed by atoms with Crippen LogP contribution in [0.25, 0.3) is 0 Å². The molecule has 2 aromatic carbocycles. The van der Waals surface area contributed by atoms with E-state index in [0.717, 1.165) is 11.5 Å². The van der Waals surface area contributed by atoms with Crippen LogP contribution in [-0.2, 0) is 0 Å². The third-order valence-electron chi connectivity index (χ3n) is 3.15. The predicted molar refractivity (Wildman–Crippen MR) is 88.4 cm³/mol. The molecule has 0 aromatic heterocycles. The Morgan fingerprint density at radius 2 is 1.70 bits per heavy atom. The summed E-state index contributed by atoms with van der Waals surface area (Å²) in [5.74, 6) is 1.92. The lowest BCUT2D eigenvalue weighted by atomic mass is 10.2. The van der Waals surface area contributed by atoms with E-state index >= 15 is 0 Å². The first-order chi connectivity index (χ1) is 11.2. The third kappa shape index (κ3) is 4.92. The first kappa shape index (κ1) is 16.7. The number of carbonyl (C=O) groups excluding carboxylic acids is 1. The summed E-state index contributed by atoms with van der Waals surface area (Å²) in [5, 5.41) is 2.82. The molecule has 0 radical (unpaired) electrons. The fraction of sp³-hybridized carbons (Fsp3) is 0.278. The number of ether oxygens (including phenoxy) is 3. The molecule has 0 fully saturated rings. The van der Waals surface area contributed by atoms with Gasteiger partial charge in [0.2, 0.25) is 0 Å². The minimum atomic E-state index is -0.174. The molecule has 0 aliphatic heterocycles. The van der Waals surface area contributed by atoms with Gasteiger partial charge in [-0.15, -0.1) is 0 Å². The fourth-order valence-electron chi connectivity index (χ4n) is 2.04. The predicted octanol–water partition coefficient (Wildman–Crippen LogP) is 2.90. The van der Waals surface area contributed by atoms with E-state index in [9.17, 15) is 4.79 Å². The van der Waals surface area contributed by atoms with Crippen LogP contribution in [0.15, 0.2) is 48.5 Å². The minimum Gasteiger partial charge on any atom is -0.497 e. The van der Waals surface area contributed by atoms with E-state index in [1.54, 1.807) is 19.2 Å². The molecule has 0 aliphatic carbocycles. The molecule has 2 rings (SSSR count). The molecule has 23 heavy (non-hydrogen) atoms. The summed E-state index contributed by atoms with van der Waals surface area (Å²) in [6.45, 7) is 3.20. The van der Waals surface area contributed by atoms with Crippen LogP contribution in [0.1, 0.15) is 17.3 Å². The molecule has 0 saturated carbocycles. The molecule has 0 bridgehead atoms. The van der Waals surface area contributed by atoms with Crippen molar-refractivity contribution < 1.29 is 19.0 Å². The van der Waals surface area contributed by atoms with Crippen molar-refractivity contribution in [3.63, 3.8) is 0 Å². The lowest BCUT2D eigenvalue weighted by molar-refractivity contribution is 0.0943. The van der Waals surface area contributed by atoms with Gasteiger partial charge in [0, 0.05) is 0 Å². The van der Waals surface area contributed by atoms with Crippen molar-refractivity contribution in [3.8, 4) is 17.2 Å². The van der Waals surface area contributed by atoms with E-state index in [1.165, 1.54) is 0 Å². The summed E-state index contributed by atoms with van der Waals surface area (Å²) in [4.78, 5) is 12.2. The van der Waals surface area contributed by atoms with Gasteiger partial charge < -0.3 is 19.5 Å². The van der Waals surface area contributed by atoms with Crippen molar-refractivity contribution in [2.45, 2.75) is 6.92 Å². The number of hydrogen-bond donors (Lipinski definition) is 1. The van der Waals surface area contributed by atoms with Gasteiger partial charge in [-0.25, -0.2) is 0 Å². The smallest absolute Gasteiger partial charge is 0.255 e. The zero-order chi connectivity index (χ0) is 16.5. The molecule has 1 amide bonds. The van der Waals surface area contributed by atoms with E-state index in [-0.39, 0.29) is 5.91 Å². The van der Waals surface area contributed by atoms with E-state index in [1.807, 2.05) is 43.3 Å². The van der Waals surface area contributed by atoms with Crippen LogP contribution in [0.2, 0.25) is 0 Å². The quantitative estimate of drug-likeness (QED) is 0.761. The summed E-state index contributed by atoms with van der Waals surface area (Å²) in [6.07, 6.45) is 0. The molecule has 0 spiro atoms. The Kier molecular flexibility index (Phi) is 6.29. The molecular formula is C18H21NO4. The maximum Gasteiger partial charge on any atom is 0.255 e. The number of nitrogens with one attached hydrogen (secondary N) is 1. The summed E-state index contributed by atoms with van der Waals surface area (Å²) in [5.41, 5.74) is 0.527. The van der Waals surface area contributed by atoms with Gasteiger partial charge in [0.15, 0.2) is 0 Å². The Morgan fingerprint density at radius 3 is 2.39 bits per heavy atom. The Balaban J connectivity index is 1.80. The molecule has 0 saturated heterocycles. The van der Waals surface area contributed by atoms with Gasteiger partial charge in [0.1, 0.15) is 23.9 Å². The van der Waals surface area contributed by atoms with Crippen LogP contribution in [0.3, 0.4) is 0 Å². The molecule has 0 unspecified atom stereocenters. The second-order valence-corrected chi connectivity index (χ2v) is 4.71. The number of hydrogen-bond acceptors (Lipinski definition) is 4. The van der Waals surface area contributed by atoms with Crippen LogP contribution < -0.4 is 19.5 Å². The molecule has 5 nitrogen and oxygen atoms in total. The van der Waals surface area contributed by atoms with E-state index < -0.39 is 0 Å². The number of para-hydroxylation sites is 1. The number of amides is 1. The van der Waals surface area contributed by atoms with Gasteiger partial charge in [-0.2, -0.15) is 0 Å². The zero-order valence-corrected chi connectivity index (χ0v) is 13.4. The summed E-state index contributed by atoms with van der Waals surface area (Å²) in [7, 11) is 1.62. The van der Waals surface area contributed by atoms with Crippen LogP contribution >= 0.6 is 0 Å². The number of rotatable bonds is 8. The first-order valence-corrected chi connectivity index (χ1v) is 7.51. The molecule has 0 atom stereocenters. The van der Waals surface area contributed by atoms with Gasteiger partial charge in [0.05, 0.1) is 25.8 Å². The molecule has 1 N–H and O–H groups in total. The molecule has 0 aliphatic rings. The second kappa shape index (κ2) is 8.68. The zero-order valence-electron chi connectivity index (χ0n) is 13.4. The lowest BCUT2D eigenvalue weighted by Crippen LogP contribution is -2.28. The van der Waals surface area contributed by atoms with Crippen molar-refractivity contribution >= 4 is 5.91 Å². The van der Waals surface area contributed by atoms with Gasteiger partial charge in [0.25, 0.3) is 5.91 Å². The average molecular weight is 315 g/mol. The molecule has 122 valence electrons. The van der Waals surface area contributed by atoms with Crippen LogP contribution in [0.5, 0.6) is 17.2 Å². The van der Waals surface area contributed by atoms with E-state index in [0.29, 0.717) is 31.1 Å². The van der Waals surface area contributed by atoms with Crippen LogP contribution in [0, 0.1) is 0 Å². The highest BCUT2D eigenvalue weighted by molar-refractivity contribution is 5.96. The van der Waals surface area contributed by atoms with Crippen molar-refractivity contribution in [2.75, 3.05) is 26.9 Å². The normalized spacial score (nSPS) is 10.0. The van der Waals surface area contributed by atoms with Crippen molar-refractivity contribution in [1.82, 2.24) is 5.32 Å². The Morgan fingerprint density at radius 1 is 1.00 bits per heavy atom. The van der Waals surface area contributed by atoms with Gasteiger partial charge in [-0.3, -0.25) is 4.79 Å². The summed E-state index contributed by atoms with van der Waals surface area (Å²) >= 11 is 0. The average Bonchev–Trinajstić information content (AvgIpc) is 2.60. The van der Waals surface area contributed by atoms with E-state index in [2.05, 4.69) is 5.32 Å². The number of carbonyl (C=O) groups is 1.